The molecule has 5 heteroatoms. The summed E-state index contributed by atoms with van der Waals surface area (Å²) < 4.78 is 5.71. The van der Waals surface area contributed by atoms with Crippen LogP contribution in [0, 0.1) is 27.7 Å². The maximum Gasteiger partial charge on any atom is 0.345 e. The molecule has 0 unspecified atom stereocenters. The lowest BCUT2D eigenvalue weighted by Gasteiger charge is -2.19. The number of benzene rings is 3. The number of halogens is 2. The molecule has 0 saturated carbocycles. The lowest BCUT2D eigenvalue weighted by Crippen LogP contribution is -2.11. The molecule has 1 N–H and O–H groups in total. The molecule has 0 heterocycles. The molecular formula is C23H20Cl2O3. The van der Waals surface area contributed by atoms with Crippen LogP contribution in [0.5, 0.6) is 11.5 Å². The van der Waals surface area contributed by atoms with Gasteiger partial charge >= 0.3 is 5.97 Å². The van der Waals surface area contributed by atoms with Gasteiger partial charge in [0.1, 0.15) is 11.5 Å². The zero-order chi connectivity index (χ0) is 20.6. The Hall–Kier alpha value is -2.49. The number of ether oxygens (including phenoxy) is 1. The first-order chi connectivity index (χ1) is 13.2. The molecule has 28 heavy (non-hydrogen) atoms. The van der Waals surface area contributed by atoms with Gasteiger partial charge in [-0.1, -0.05) is 35.3 Å². The zero-order valence-corrected chi connectivity index (χ0v) is 17.6. The number of aromatic hydroxyl groups is 1. The second-order valence-corrected chi connectivity index (χ2v) is 7.64. The van der Waals surface area contributed by atoms with Crippen LogP contribution < -0.4 is 4.74 Å². The Bertz CT molecular complexity index is 1090. The van der Waals surface area contributed by atoms with Gasteiger partial charge < -0.3 is 9.84 Å². The van der Waals surface area contributed by atoms with E-state index in [1.807, 2.05) is 39.8 Å². The maximum absolute atomic E-state index is 12.8. The standard InChI is InChI=1S/C23H20Cl2O3/c1-12-5-9-19(26)21(14(12)3)22-15(4)13(2)6-10-20(22)28-23(27)17-11-16(24)7-8-18(17)25/h5-11,26H,1-4H3. The average Bonchev–Trinajstić information content (AvgIpc) is 2.65. The van der Waals surface area contributed by atoms with Crippen LogP contribution in [-0.2, 0) is 0 Å². The Balaban J connectivity index is 2.17. The van der Waals surface area contributed by atoms with Gasteiger partial charge in [0.25, 0.3) is 0 Å². The number of carbonyl (C=O) groups excluding carboxylic acids is 1. The van der Waals surface area contributed by atoms with Crippen LogP contribution in [0.25, 0.3) is 11.1 Å². The predicted molar refractivity (Wildman–Crippen MR) is 114 cm³/mol. The van der Waals surface area contributed by atoms with Crippen molar-refractivity contribution in [1.29, 1.82) is 0 Å². The molecule has 0 aromatic heterocycles. The molecule has 3 aromatic carbocycles. The fourth-order valence-electron chi connectivity index (χ4n) is 3.11. The van der Waals surface area contributed by atoms with Gasteiger partial charge in [0, 0.05) is 16.1 Å². The van der Waals surface area contributed by atoms with E-state index in [-0.39, 0.29) is 16.3 Å². The minimum absolute atomic E-state index is 0.134. The Morgan fingerprint density at radius 2 is 1.46 bits per heavy atom. The molecule has 0 fully saturated rings. The van der Waals surface area contributed by atoms with Crippen LogP contribution >= 0.6 is 23.2 Å². The van der Waals surface area contributed by atoms with E-state index in [0.29, 0.717) is 21.9 Å². The Labute approximate surface area is 174 Å². The molecule has 0 atom stereocenters. The topological polar surface area (TPSA) is 46.5 Å². The average molecular weight is 415 g/mol. The zero-order valence-electron chi connectivity index (χ0n) is 16.1. The lowest BCUT2D eigenvalue weighted by molar-refractivity contribution is 0.0735. The lowest BCUT2D eigenvalue weighted by atomic mass is 9.90. The van der Waals surface area contributed by atoms with Crippen molar-refractivity contribution in [3.05, 3.63) is 80.3 Å². The Morgan fingerprint density at radius 1 is 0.857 bits per heavy atom. The number of phenolic OH excluding ortho intramolecular Hbond substituents is 1. The van der Waals surface area contributed by atoms with Gasteiger partial charge in [-0.3, -0.25) is 0 Å². The quantitative estimate of drug-likeness (QED) is 0.377. The number of hydrogen-bond donors (Lipinski definition) is 1. The molecule has 0 aliphatic rings. The first-order valence-corrected chi connectivity index (χ1v) is 9.53. The largest absolute Gasteiger partial charge is 0.507 e. The highest BCUT2D eigenvalue weighted by molar-refractivity contribution is 6.35. The molecular weight excluding hydrogens is 395 g/mol. The molecule has 0 spiro atoms. The molecule has 0 bridgehead atoms. The summed E-state index contributed by atoms with van der Waals surface area (Å²) in [5.41, 5.74) is 5.42. The number of hydrogen-bond acceptors (Lipinski definition) is 3. The van der Waals surface area contributed by atoms with Crippen molar-refractivity contribution in [2.75, 3.05) is 0 Å². The highest BCUT2D eigenvalue weighted by Crippen LogP contribution is 2.42. The van der Waals surface area contributed by atoms with Gasteiger partial charge in [0.05, 0.1) is 10.6 Å². The number of rotatable bonds is 3. The van der Waals surface area contributed by atoms with Crippen LogP contribution in [0.3, 0.4) is 0 Å². The van der Waals surface area contributed by atoms with Gasteiger partial charge in [-0.15, -0.1) is 0 Å². The van der Waals surface area contributed by atoms with Crippen molar-refractivity contribution < 1.29 is 14.6 Å². The van der Waals surface area contributed by atoms with E-state index >= 15 is 0 Å². The normalized spacial score (nSPS) is 10.8. The molecule has 144 valence electrons. The van der Waals surface area contributed by atoms with Crippen LogP contribution in [0.4, 0.5) is 0 Å². The summed E-state index contributed by atoms with van der Waals surface area (Å²) in [6.07, 6.45) is 0. The predicted octanol–water partition coefficient (Wildman–Crippen LogP) is 6.82. The molecule has 3 nitrogen and oxygen atoms in total. The minimum Gasteiger partial charge on any atom is -0.507 e. The van der Waals surface area contributed by atoms with Crippen LogP contribution in [0.15, 0.2) is 42.5 Å². The van der Waals surface area contributed by atoms with E-state index in [2.05, 4.69) is 0 Å². The van der Waals surface area contributed by atoms with Gasteiger partial charge in [0.2, 0.25) is 0 Å². The third-order valence-electron chi connectivity index (χ3n) is 5.01. The number of aryl methyl sites for hydroxylation is 2. The van der Waals surface area contributed by atoms with E-state index in [4.69, 9.17) is 27.9 Å². The molecule has 3 aromatic rings. The summed E-state index contributed by atoms with van der Waals surface area (Å²) in [7, 11) is 0. The van der Waals surface area contributed by atoms with Crippen LogP contribution in [0.1, 0.15) is 32.6 Å². The summed E-state index contributed by atoms with van der Waals surface area (Å²) in [6.45, 7) is 7.82. The number of carbonyl (C=O) groups is 1. The van der Waals surface area contributed by atoms with Crippen molar-refractivity contribution >= 4 is 29.2 Å². The summed E-state index contributed by atoms with van der Waals surface area (Å²) in [4.78, 5) is 12.8. The van der Waals surface area contributed by atoms with E-state index < -0.39 is 5.97 Å². The Morgan fingerprint density at radius 3 is 2.14 bits per heavy atom. The van der Waals surface area contributed by atoms with E-state index in [9.17, 15) is 9.90 Å². The smallest absolute Gasteiger partial charge is 0.345 e. The molecule has 3 rings (SSSR count). The highest BCUT2D eigenvalue weighted by Gasteiger charge is 2.21. The van der Waals surface area contributed by atoms with Crippen molar-refractivity contribution in [2.45, 2.75) is 27.7 Å². The van der Waals surface area contributed by atoms with Crippen LogP contribution in [0.2, 0.25) is 10.0 Å². The van der Waals surface area contributed by atoms with E-state index in [1.165, 1.54) is 6.07 Å². The summed E-state index contributed by atoms with van der Waals surface area (Å²) in [6, 6.07) is 11.8. The fourth-order valence-corrected chi connectivity index (χ4v) is 3.48. The van der Waals surface area contributed by atoms with Gasteiger partial charge in [-0.2, -0.15) is 0 Å². The molecule has 0 aliphatic carbocycles. The third-order valence-corrected chi connectivity index (χ3v) is 5.58. The van der Waals surface area contributed by atoms with Crippen molar-refractivity contribution in [3.63, 3.8) is 0 Å². The highest BCUT2D eigenvalue weighted by atomic mass is 35.5. The molecule has 0 radical (unpaired) electrons. The van der Waals surface area contributed by atoms with Gasteiger partial charge in [0.15, 0.2) is 0 Å². The molecule has 0 amide bonds. The van der Waals surface area contributed by atoms with Gasteiger partial charge in [-0.05, 0) is 80.3 Å². The number of esters is 1. The first kappa shape index (κ1) is 20.2. The molecule has 0 saturated heterocycles. The van der Waals surface area contributed by atoms with E-state index in [1.54, 1.807) is 24.3 Å². The number of phenols is 1. The Kier molecular flexibility index (Phi) is 5.69. The summed E-state index contributed by atoms with van der Waals surface area (Å²) in [5.74, 6) is -0.121. The second kappa shape index (κ2) is 7.86. The van der Waals surface area contributed by atoms with Crippen molar-refractivity contribution in [2.24, 2.45) is 0 Å². The third kappa shape index (κ3) is 3.73. The second-order valence-electron chi connectivity index (χ2n) is 6.80. The molecule has 0 aliphatic heterocycles. The SMILES string of the molecule is Cc1ccc(O)c(-c2c(OC(=O)c3cc(Cl)ccc3Cl)ccc(C)c2C)c1C. The van der Waals surface area contributed by atoms with Crippen molar-refractivity contribution in [1.82, 2.24) is 0 Å². The summed E-state index contributed by atoms with van der Waals surface area (Å²) in [5, 5.41) is 11.2. The first-order valence-electron chi connectivity index (χ1n) is 8.77. The monoisotopic (exact) mass is 414 g/mol. The fraction of sp³-hybridized carbons (Fsp3) is 0.174. The maximum atomic E-state index is 12.8. The van der Waals surface area contributed by atoms with Gasteiger partial charge in [-0.25, -0.2) is 4.79 Å². The van der Waals surface area contributed by atoms with Crippen molar-refractivity contribution in [3.8, 4) is 22.6 Å². The van der Waals surface area contributed by atoms with E-state index in [0.717, 1.165) is 22.3 Å². The minimum atomic E-state index is -0.609. The summed E-state index contributed by atoms with van der Waals surface area (Å²) >= 11 is 12.1. The van der Waals surface area contributed by atoms with Crippen LogP contribution in [-0.4, -0.2) is 11.1 Å².